The van der Waals surface area contributed by atoms with Crippen molar-refractivity contribution in [1.82, 2.24) is 14.9 Å². The molecule has 0 atom stereocenters. The minimum atomic E-state index is 0.180. The Bertz CT molecular complexity index is 858. The summed E-state index contributed by atoms with van der Waals surface area (Å²) in [5.41, 5.74) is 0.857. The van der Waals surface area contributed by atoms with Gasteiger partial charge in [0.1, 0.15) is 5.03 Å². The summed E-state index contributed by atoms with van der Waals surface area (Å²) in [6.07, 6.45) is 3.82. The number of nitrogens with zero attached hydrogens (tertiary/aromatic N) is 3. The molecule has 6 heteroatoms. The number of carbonyl (C=O) groups is 1. The third-order valence-electron chi connectivity index (χ3n) is 4.10. The second-order valence-electron chi connectivity index (χ2n) is 5.72. The topological polar surface area (TPSA) is 59.2 Å². The van der Waals surface area contributed by atoms with Crippen molar-refractivity contribution in [3.63, 3.8) is 0 Å². The molecule has 1 aliphatic rings. The fraction of sp³-hybridized carbons (Fsp3) is 0.278. The molecule has 0 aliphatic carbocycles. The molecule has 122 valence electrons. The molecule has 24 heavy (non-hydrogen) atoms. The van der Waals surface area contributed by atoms with E-state index in [9.17, 15) is 4.79 Å². The standard InChI is InChI=1S/C18H17N3O2S/c22-16(21-9-3-4-10-21)12-24-18-13-6-1-2-7-14(13)19-17(20-18)15-8-5-11-23-15/h1-2,5-8,11H,3-4,9-10,12H2. The van der Waals surface area contributed by atoms with Gasteiger partial charge >= 0.3 is 0 Å². The van der Waals surface area contributed by atoms with E-state index in [1.165, 1.54) is 11.8 Å². The predicted molar refractivity (Wildman–Crippen MR) is 93.8 cm³/mol. The van der Waals surface area contributed by atoms with Crippen molar-refractivity contribution in [2.24, 2.45) is 0 Å². The highest BCUT2D eigenvalue weighted by molar-refractivity contribution is 8.00. The van der Waals surface area contributed by atoms with Gasteiger partial charge < -0.3 is 9.32 Å². The first kappa shape index (κ1) is 15.2. The Morgan fingerprint density at radius 3 is 2.75 bits per heavy atom. The SMILES string of the molecule is O=C(CSc1nc(-c2ccco2)nc2ccccc12)N1CCCC1. The third-order valence-corrected chi connectivity index (χ3v) is 5.08. The van der Waals surface area contributed by atoms with Crippen molar-refractivity contribution in [2.45, 2.75) is 17.9 Å². The molecule has 1 aromatic carbocycles. The Labute approximate surface area is 144 Å². The first-order chi connectivity index (χ1) is 11.8. The number of hydrogen-bond acceptors (Lipinski definition) is 5. The van der Waals surface area contributed by atoms with Crippen LogP contribution < -0.4 is 0 Å². The molecule has 0 bridgehead atoms. The minimum Gasteiger partial charge on any atom is -0.461 e. The fourth-order valence-corrected chi connectivity index (χ4v) is 3.78. The number of thioether (sulfide) groups is 1. The van der Waals surface area contributed by atoms with Gasteiger partial charge in [-0.3, -0.25) is 4.79 Å². The first-order valence-corrected chi connectivity index (χ1v) is 9.01. The van der Waals surface area contributed by atoms with E-state index in [0.717, 1.165) is 41.9 Å². The number of aromatic nitrogens is 2. The maximum atomic E-state index is 12.3. The van der Waals surface area contributed by atoms with Gasteiger partial charge in [-0.1, -0.05) is 30.0 Å². The molecule has 0 saturated carbocycles. The Hall–Kier alpha value is -2.34. The second-order valence-corrected chi connectivity index (χ2v) is 6.69. The molecule has 1 saturated heterocycles. The summed E-state index contributed by atoms with van der Waals surface area (Å²) in [4.78, 5) is 23.4. The molecule has 2 aromatic heterocycles. The van der Waals surface area contributed by atoms with Crippen LogP contribution in [0.3, 0.4) is 0 Å². The molecular weight excluding hydrogens is 322 g/mol. The highest BCUT2D eigenvalue weighted by Crippen LogP contribution is 2.29. The van der Waals surface area contributed by atoms with Crippen LogP contribution in [0, 0.1) is 0 Å². The Kier molecular flexibility index (Phi) is 4.21. The van der Waals surface area contributed by atoms with Crippen molar-refractivity contribution < 1.29 is 9.21 Å². The van der Waals surface area contributed by atoms with Crippen LogP contribution in [0.4, 0.5) is 0 Å². The maximum absolute atomic E-state index is 12.3. The van der Waals surface area contributed by atoms with Crippen LogP contribution in [0.2, 0.25) is 0 Å². The van der Waals surface area contributed by atoms with E-state index in [4.69, 9.17) is 4.42 Å². The van der Waals surface area contributed by atoms with Gasteiger partial charge in [0.05, 0.1) is 17.5 Å². The van der Waals surface area contributed by atoms with E-state index in [2.05, 4.69) is 9.97 Å². The molecule has 1 amide bonds. The van der Waals surface area contributed by atoms with Gasteiger partial charge in [-0.15, -0.1) is 0 Å². The van der Waals surface area contributed by atoms with E-state index in [-0.39, 0.29) is 5.91 Å². The number of rotatable bonds is 4. The van der Waals surface area contributed by atoms with Crippen LogP contribution >= 0.6 is 11.8 Å². The van der Waals surface area contributed by atoms with E-state index in [0.29, 0.717) is 17.3 Å². The lowest BCUT2D eigenvalue weighted by molar-refractivity contribution is -0.127. The zero-order valence-electron chi connectivity index (χ0n) is 13.1. The van der Waals surface area contributed by atoms with Gasteiger partial charge in [0.15, 0.2) is 11.6 Å². The summed E-state index contributed by atoms with van der Waals surface area (Å²) in [7, 11) is 0. The molecule has 3 heterocycles. The lowest BCUT2D eigenvalue weighted by Crippen LogP contribution is -2.29. The molecule has 0 spiro atoms. The zero-order chi connectivity index (χ0) is 16.4. The number of fused-ring (bicyclic) bond motifs is 1. The zero-order valence-corrected chi connectivity index (χ0v) is 14.0. The smallest absolute Gasteiger partial charge is 0.232 e. The molecule has 4 rings (SSSR count). The number of furan rings is 1. The van der Waals surface area contributed by atoms with Gasteiger partial charge in [0.2, 0.25) is 5.91 Å². The molecule has 0 N–H and O–H groups in total. The van der Waals surface area contributed by atoms with Crippen LogP contribution in [0.5, 0.6) is 0 Å². The summed E-state index contributed by atoms with van der Waals surface area (Å²) in [5, 5.41) is 1.78. The van der Waals surface area contributed by atoms with Crippen LogP contribution in [-0.2, 0) is 4.79 Å². The molecule has 5 nitrogen and oxygen atoms in total. The maximum Gasteiger partial charge on any atom is 0.232 e. The van der Waals surface area contributed by atoms with Gasteiger partial charge in [-0.05, 0) is 31.0 Å². The van der Waals surface area contributed by atoms with Crippen LogP contribution in [0.15, 0.2) is 52.1 Å². The fourth-order valence-electron chi connectivity index (χ4n) is 2.86. The van der Waals surface area contributed by atoms with Gasteiger partial charge in [-0.25, -0.2) is 9.97 Å². The highest BCUT2D eigenvalue weighted by Gasteiger charge is 2.19. The summed E-state index contributed by atoms with van der Waals surface area (Å²) in [6, 6.07) is 11.5. The van der Waals surface area contributed by atoms with Crippen LogP contribution in [-0.4, -0.2) is 39.6 Å². The summed E-state index contributed by atoms with van der Waals surface area (Å²) >= 11 is 1.47. The minimum absolute atomic E-state index is 0.180. The Morgan fingerprint density at radius 1 is 1.12 bits per heavy atom. The number of carbonyl (C=O) groups excluding carboxylic acids is 1. The largest absolute Gasteiger partial charge is 0.461 e. The van der Waals surface area contributed by atoms with Crippen LogP contribution in [0.25, 0.3) is 22.5 Å². The lowest BCUT2D eigenvalue weighted by atomic mass is 10.2. The van der Waals surface area contributed by atoms with Crippen molar-refractivity contribution >= 4 is 28.6 Å². The third kappa shape index (κ3) is 3.01. The van der Waals surface area contributed by atoms with Gasteiger partial charge in [0, 0.05) is 18.5 Å². The number of hydrogen-bond donors (Lipinski definition) is 0. The number of para-hydroxylation sites is 1. The lowest BCUT2D eigenvalue weighted by Gasteiger charge is -2.15. The van der Waals surface area contributed by atoms with Gasteiger partial charge in [0.25, 0.3) is 0 Å². The molecule has 3 aromatic rings. The van der Waals surface area contributed by atoms with E-state index < -0.39 is 0 Å². The predicted octanol–water partition coefficient (Wildman–Crippen LogP) is 3.60. The quantitative estimate of drug-likeness (QED) is 0.537. The van der Waals surface area contributed by atoms with Crippen molar-refractivity contribution in [2.75, 3.05) is 18.8 Å². The second kappa shape index (κ2) is 6.65. The van der Waals surface area contributed by atoms with Gasteiger partial charge in [-0.2, -0.15) is 0 Å². The van der Waals surface area contributed by atoms with E-state index in [1.54, 1.807) is 6.26 Å². The summed E-state index contributed by atoms with van der Waals surface area (Å²) in [5.74, 6) is 1.77. The normalized spacial score (nSPS) is 14.4. The molecule has 1 fully saturated rings. The molecular formula is C18H17N3O2S. The molecule has 1 aliphatic heterocycles. The number of likely N-dealkylation sites (tertiary alicyclic amines) is 1. The molecule has 0 radical (unpaired) electrons. The number of benzene rings is 1. The average Bonchev–Trinajstić information content (AvgIpc) is 3.32. The Balaban J connectivity index is 1.64. The first-order valence-electron chi connectivity index (χ1n) is 8.02. The summed E-state index contributed by atoms with van der Waals surface area (Å²) in [6.45, 7) is 1.75. The van der Waals surface area contributed by atoms with Crippen molar-refractivity contribution in [3.05, 3.63) is 42.7 Å². The summed E-state index contributed by atoms with van der Waals surface area (Å²) < 4.78 is 5.42. The highest BCUT2D eigenvalue weighted by atomic mass is 32.2. The Morgan fingerprint density at radius 2 is 1.96 bits per heavy atom. The van der Waals surface area contributed by atoms with Crippen molar-refractivity contribution in [1.29, 1.82) is 0 Å². The van der Waals surface area contributed by atoms with E-state index in [1.807, 2.05) is 41.3 Å². The molecule has 0 unspecified atom stereocenters. The van der Waals surface area contributed by atoms with Crippen LogP contribution in [0.1, 0.15) is 12.8 Å². The van der Waals surface area contributed by atoms with Crippen molar-refractivity contribution in [3.8, 4) is 11.6 Å². The van der Waals surface area contributed by atoms with E-state index >= 15 is 0 Å². The average molecular weight is 339 g/mol. The number of amides is 1. The monoisotopic (exact) mass is 339 g/mol.